The molecular weight excluding hydrogens is 525 g/mol. The molecule has 0 bridgehead atoms. The quantitative estimate of drug-likeness (QED) is 0.130. The average Bonchev–Trinajstić information content (AvgIpc) is 3.49. The third-order valence-corrected chi connectivity index (χ3v) is 8.47. The van der Waals surface area contributed by atoms with E-state index in [4.69, 9.17) is 15.8 Å². The van der Waals surface area contributed by atoms with Gasteiger partial charge in [0.1, 0.15) is 34.4 Å². The van der Waals surface area contributed by atoms with Crippen LogP contribution in [0.1, 0.15) is 5.69 Å². The fraction of sp³-hybridized carbons (Fsp3) is 0.294. The maximum atomic E-state index is 12.9. The number of hydrogen-bond donors (Lipinski definition) is 3. The van der Waals surface area contributed by atoms with Crippen molar-refractivity contribution in [1.82, 2.24) is 25.4 Å². The molecule has 1 saturated heterocycles. The molecule has 4 rings (SSSR count). The predicted octanol–water partition coefficient (Wildman–Crippen LogP) is 0.352. The molecule has 4 heterocycles. The van der Waals surface area contributed by atoms with Gasteiger partial charge in [-0.25, -0.2) is 9.78 Å². The van der Waals surface area contributed by atoms with Crippen LogP contribution in [0.15, 0.2) is 31.7 Å². The summed E-state index contributed by atoms with van der Waals surface area (Å²) in [6.45, 7) is -0.393. The van der Waals surface area contributed by atoms with Crippen LogP contribution in [0.4, 0.5) is 5.13 Å². The molecule has 2 amide bonds. The SMILES string of the molecule is N#CCON=C(C(=O)NC1C(=O)N2C(C(=O)O)=C(CSc3nncs3)CS[C@@H]12)c1csc(N)n1. The van der Waals surface area contributed by atoms with Gasteiger partial charge in [-0.2, -0.15) is 5.26 Å². The third-order valence-electron chi connectivity index (χ3n) is 4.51. The molecule has 0 aromatic carbocycles. The number of nitrogen functional groups attached to an aromatic ring is 1. The van der Waals surface area contributed by atoms with Gasteiger partial charge in [-0.15, -0.1) is 33.3 Å². The van der Waals surface area contributed by atoms with Crippen molar-refractivity contribution >= 4 is 74.8 Å². The lowest BCUT2D eigenvalue weighted by Crippen LogP contribution is -2.71. The van der Waals surface area contributed by atoms with Crippen molar-refractivity contribution in [3.8, 4) is 6.07 Å². The highest BCUT2D eigenvalue weighted by molar-refractivity contribution is 8.01. The molecule has 1 unspecified atom stereocenters. The van der Waals surface area contributed by atoms with Gasteiger partial charge in [0.05, 0.1) is 0 Å². The number of rotatable bonds is 9. The zero-order chi connectivity index (χ0) is 24.2. The lowest BCUT2D eigenvalue weighted by Gasteiger charge is -2.49. The van der Waals surface area contributed by atoms with Gasteiger partial charge in [0.2, 0.25) is 6.61 Å². The maximum absolute atomic E-state index is 12.9. The second-order valence-electron chi connectivity index (χ2n) is 6.55. The Kier molecular flexibility index (Phi) is 7.31. The minimum absolute atomic E-state index is 0.0882. The van der Waals surface area contributed by atoms with Crippen LogP contribution >= 0.6 is 46.2 Å². The van der Waals surface area contributed by atoms with Gasteiger partial charge in [-0.1, -0.05) is 28.3 Å². The number of aliphatic carboxylic acids is 1. The Balaban J connectivity index is 1.49. The molecule has 2 aliphatic heterocycles. The lowest BCUT2D eigenvalue weighted by molar-refractivity contribution is -0.150. The number of amides is 2. The predicted molar refractivity (Wildman–Crippen MR) is 125 cm³/mol. The van der Waals surface area contributed by atoms with Crippen molar-refractivity contribution in [3.05, 3.63) is 27.9 Å². The number of nitrogens with zero attached hydrogens (tertiary/aromatic N) is 6. The largest absolute Gasteiger partial charge is 0.477 e. The first-order chi connectivity index (χ1) is 16.4. The number of fused-ring (bicyclic) bond motifs is 1. The lowest BCUT2D eigenvalue weighted by atomic mass is 10.0. The fourth-order valence-electron chi connectivity index (χ4n) is 3.11. The molecule has 2 aromatic heterocycles. The first-order valence-electron chi connectivity index (χ1n) is 9.28. The Morgan fingerprint density at radius 1 is 1.47 bits per heavy atom. The Labute approximate surface area is 208 Å². The first kappa shape index (κ1) is 23.9. The summed E-state index contributed by atoms with van der Waals surface area (Å²) in [4.78, 5) is 47.7. The van der Waals surface area contributed by atoms with Crippen molar-refractivity contribution in [2.45, 2.75) is 15.8 Å². The summed E-state index contributed by atoms with van der Waals surface area (Å²) >= 11 is 5.10. The Hall–Kier alpha value is -3.20. The average molecular weight is 539 g/mol. The van der Waals surface area contributed by atoms with Crippen molar-refractivity contribution in [1.29, 1.82) is 5.26 Å². The van der Waals surface area contributed by atoms with E-state index < -0.39 is 35.8 Å². The Morgan fingerprint density at radius 3 is 2.94 bits per heavy atom. The molecule has 13 nitrogen and oxygen atoms in total. The number of nitrogens with two attached hydrogens (primary N) is 1. The van der Waals surface area contributed by atoms with Gasteiger partial charge < -0.3 is 21.0 Å². The van der Waals surface area contributed by atoms with Gasteiger partial charge in [-0.3, -0.25) is 14.5 Å². The molecule has 2 aromatic rings. The maximum Gasteiger partial charge on any atom is 0.352 e. The van der Waals surface area contributed by atoms with Crippen molar-refractivity contribution < 1.29 is 24.3 Å². The smallest absolute Gasteiger partial charge is 0.352 e. The molecule has 0 saturated carbocycles. The molecule has 17 heteroatoms. The van der Waals surface area contributed by atoms with Gasteiger partial charge in [0, 0.05) is 16.9 Å². The van der Waals surface area contributed by atoms with Gasteiger partial charge in [-0.05, 0) is 5.57 Å². The Morgan fingerprint density at radius 2 is 2.29 bits per heavy atom. The van der Waals surface area contributed by atoms with E-state index in [1.165, 1.54) is 45.1 Å². The second kappa shape index (κ2) is 10.4. The van der Waals surface area contributed by atoms with E-state index in [1.54, 1.807) is 11.6 Å². The van der Waals surface area contributed by atoms with Gasteiger partial charge in [0.15, 0.2) is 15.2 Å². The highest BCUT2D eigenvalue weighted by Gasteiger charge is 2.54. The summed E-state index contributed by atoms with van der Waals surface area (Å²) in [6, 6.07) is 0.757. The number of nitrogens with one attached hydrogen (secondary N) is 1. The summed E-state index contributed by atoms with van der Waals surface area (Å²) < 4.78 is 0.692. The van der Waals surface area contributed by atoms with Crippen molar-refractivity contribution in [2.24, 2.45) is 5.16 Å². The number of thioether (sulfide) groups is 2. The Bertz CT molecular complexity index is 1220. The van der Waals surface area contributed by atoms with Crippen LogP contribution in [-0.2, 0) is 19.2 Å². The zero-order valence-electron chi connectivity index (χ0n) is 16.9. The number of β-lactam (4-membered cyclic amide) rings is 1. The molecule has 176 valence electrons. The monoisotopic (exact) mass is 538 g/mol. The van der Waals surface area contributed by atoms with E-state index in [9.17, 15) is 19.5 Å². The number of aromatic nitrogens is 3. The minimum Gasteiger partial charge on any atom is -0.477 e. The summed E-state index contributed by atoms with van der Waals surface area (Å²) in [5.74, 6) is -1.84. The van der Waals surface area contributed by atoms with Crippen molar-refractivity contribution in [3.63, 3.8) is 0 Å². The number of carboxylic acids is 1. The normalized spacial score (nSPS) is 19.8. The number of carboxylic acid groups (broad SMARTS) is 1. The second-order valence-corrected chi connectivity index (χ2v) is 10.6. The number of nitriles is 1. The number of hydrogen-bond acceptors (Lipinski definition) is 14. The molecule has 0 radical (unpaired) electrons. The van der Waals surface area contributed by atoms with Crippen LogP contribution in [-0.4, -0.2) is 78.2 Å². The van der Waals surface area contributed by atoms with E-state index >= 15 is 0 Å². The molecular formula is C17H14N8O5S4. The third kappa shape index (κ3) is 4.84. The molecule has 2 aliphatic rings. The summed E-state index contributed by atoms with van der Waals surface area (Å²) in [5.41, 5.74) is 7.57. The van der Waals surface area contributed by atoms with Crippen LogP contribution in [0.2, 0.25) is 0 Å². The van der Waals surface area contributed by atoms with Crippen LogP contribution < -0.4 is 11.1 Å². The summed E-state index contributed by atoms with van der Waals surface area (Å²) in [7, 11) is 0. The number of carbonyl (C=O) groups is 3. The highest BCUT2D eigenvalue weighted by Crippen LogP contribution is 2.41. The fourth-order valence-corrected chi connectivity index (χ4v) is 6.63. The molecule has 0 spiro atoms. The standard InChI is InChI=1S/C17H14N8O5S4/c18-1-2-30-24-9(8-5-32-16(19)21-8)12(26)22-10-13(27)25-11(15(28)29)7(3-31-14(10)25)4-33-17-23-20-6-34-17/h5-6,10,14H,2-4H2,(H2,19,21)(H,22,26)(H,28,29)/t10?,14-/m0/s1. The van der Waals surface area contributed by atoms with Gasteiger partial charge in [0.25, 0.3) is 11.8 Å². The van der Waals surface area contributed by atoms with Crippen LogP contribution in [0.3, 0.4) is 0 Å². The van der Waals surface area contributed by atoms with E-state index in [1.807, 2.05) is 0 Å². The number of oxime groups is 1. The van der Waals surface area contributed by atoms with Crippen LogP contribution in [0.5, 0.6) is 0 Å². The summed E-state index contributed by atoms with van der Waals surface area (Å²) in [6.07, 6.45) is 0. The van der Waals surface area contributed by atoms with Crippen LogP contribution in [0.25, 0.3) is 0 Å². The van der Waals surface area contributed by atoms with Crippen LogP contribution in [0, 0.1) is 11.3 Å². The molecule has 34 heavy (non-hydrogen) atoms. The van der Waals surface area contributed by atoms with Crippen molar-refractivity contribution in [2.75, 3.05) is 23.8 Å². The van der Waals surface area contributed by atoms with E-state index in [2.05, 4.69) is 25.7 Å². The first-order valence-corrected chi connectivity index (χ1v) is 13.1. The highest BCUT2D eigenvalue weighted by atomic mass is 32.2. The van der Waals surface area contributed by atoms with Gasteiger partial charge >= 0.3 is 5.97 Å². The molecule has 1 fully saturated rings. The number of anilines is 1. The topological polar surface area (TPSA) is 197 Å². The molecule has 2 atom stereocenters. The number of thiazole rings is 1. The summed E-state index contributed by atoms with van der Waals surface area (Å²) in [5, 5.41) is 33.4. The van der Waals surface area contributed by atoms with E-state index in [-0.39, 0.29) is 22.2 Å². The minimum atomic E-state index is -1.22. The van der Waals surface area contributed by atoms with E-state index in [0.29, 0.717) is 21.4 Å². The zero-order valence-corrected chi connectivity index (χ0v) is 20.2. The molecule has 0 aliphatic carbocycles. The molecule has 4 N–H and O–H groups in total. The number of carbonyl (C=O) groups excluding carboxylic acids is 2. The van der Waals surface area contributed by atoms with E-state index in [0.717, 1.165) is 11.3 Å².